The first-order valence-corrected chi connectivity index (χ1v) is 18.0. The highest BCUT2D eigenvalue weighted by atomic mass is 32.2. The van der Waals surface area contributed by atoms with Gasteiger partial charge in [-0.2, -0.15) is 0 Å². The Kier molecular flexibility index (Phi) is 23.9. The van der Waals surface area contributed by atoms with E-state index in [1.54, 1.807) is 0 Å². The molecule has 0 aliphatic rings. The number of carbonyl (C=O) groups excluding carboxylic acids is 1. The van der Waals surface area contributed by atoms with Crippen LogP contribution in [0, 0.1) is 5.41 Å². The summed E-state index contributed by atoms with van der Waals surface area (Å²) >= 11 is 3.94. The monoisotopic (exact) mass is 649 g/mol. The van der Waals surface area contributed by atoms with Crippen molar-refractivity contribution in [2.24, 2.45) is 5.41 Å². The SMILES string of the molecule is C=C(C)c1ccccc1SC(C)CC.C=C(NCCOCCOC(=CCC)CCC)C(C)(C)C(C)(C)SC(C)(C)C.CC=O. The minimum absolute atomic E-state index is 0.0337. The summed E-state index contributed by atoms with van der Waals surface area (Å²) in [6.45, 7) is 39.2. The molecule has 6 heteroatoms. The van der Waals surface area contributed by atoms with Crippen molar-refractivity contribution in [3.05, 3.63) is 60.5 Å². The van der Waals surface area contributed by atoms with Gasteiger partial charge in [0.2, 0.25) is 0 Å². The van der Waals surface area contributed by atoms with E-state index >= 15 is 0 Å². The predicted molar refractivity (Wildman–Crippen MR) is 201 cm³/mol. The lowest BCUT2D eigenvalue weighted by Crippen LogP contribution is -2.44. The zero-order valence-electron chi connectivity index (χ0n) is 30.7. The highest BCUT2D eigenvalue weighted by Gasteiger charge is 2.42. The van der Waals surface area contributed by atoms with Gasteiger partial charge >= 0.3 is 0 Å². The van der Waals surface area contributed by atoms with Crippen molar-refractivity contribution in [3.63, 3.8) is 0 Å². The van der Waals surface area contributed by atoms with Crippen LogP contribution in [0.4, 0.5) is 0 Å². The molecule has 0 radical (unpaired) electrons. The van der Waals surface area contributed by atoms with Crippen LogP contribution in [0.3, 0.4) is 0 Å². The molecule has 0 aliphatic heterocycles. The van der Waals surface area contributed by atoms with Crippen molar-refractivity contribution in [2.75, 3.05) is 26.4 Å². The van der Waals surface area contributed by atoms with Gasteiger partial charge < -0.3 is 19.6 Å². The maximum Gasteiger partial charge on any atom is 0.116 e. The fourth-order valence-corrected chi connectivity index (χ4v) is 7.05. The minimum Gasteiger partial charge on any atom is -0.496 e. The zero-order chi connectivity index (χ0) is 34.4. The fourth-order valence-electron chi connectivity index (χ4n) is 4.01. The van der Waals surface area contributed by atoms with E-state index in [-0.39, 0.29) is 14.9 Å². The Balaban J connectivity index is 0. The van der Waals surface area contributed by atoms with E-state index < -0.39 is 0 Å². The lowest BCUT2D eigenvalue weighted by molar-refractivity contribution is -0.106. The largest absolute Gasteiger partial charge is 0.496 e. The van der Waals surface area contributed by atoms with Gasteiger partial charge in [0.15, 0.2) is 0 Å². The van der Waals surface area contributed by atoms with Gasteiger partial charge in [-0.15, -0.1) is 23.5 Å². The average Bonchev–Trinajstić information content (AvgIpc) is 2.92. The predicted octanol–water partition coefficient (Wildman–Crippen LogP) is 11.4. The molecular weight excluding hydrogens is 583 g/mol. The van der Waals surface area contributed by atoms with Crippen molar-refractivity contribution in [1.82, 2.24) is 5.32 Å². The van der Waals surface area contributed by atoms with Crippen molar-refractivity contribution in [2.45, 2.75) is 135 Å². The Hall–Kier alpha value is -1.63. The maximum atomic E-state index is 8.81. The molecule has 1 rings (SSSR count). The lowest BCUT2D eigenvalue weighted by Gasteiger charge is -2.46. The van der Waals surface area contributed by atoms with Gasteiger partial charge in [-0.05, 0) is 70.2 Å². The third kappa shape index (κ3) is 19.7. The van der Waals surface area contributed by atoms with Crippen molar-refractivity contribution < 1.29 is 14.3 Å². The number of hydrogen-bond acceptors (Lipinski definition) is 6. The Bertz CT molecular complexity index is 977. The molecule has 0 spiro atoms. The van der Waals surface area contributed by atoms with Gasteiger partial charge in [0.1, 0.15) is 12.9 Å². The third-order valence-electron chi connectivity index (χ3n) is 7.10. The highest BCUT2D eigenvalue weighted by molar-refractivity contribution is 8.02. The quantitative estimate of drug-likeness (QED) is 0.0739. The van der Waals surface area contributed by atoms with Crippen LogP contribution < -0.4 is 5.32 Å². The van der Waals surface area contributed by atoms with E-state index in [1.165, 1.54) is 23.8 Å². The Morgan fingerprint density at radius 1 is 1.00 bits per heavy atom. The minimum atomic E-state index is -0.0337. The number of rotatable bonds is 18. The molecule has 0 fully saturated rings. The molecule has 44 heavy (non-hydrogen) atoms. The van der Waals surface area contributed by atoms with E-state index in [9.17, 15) is 0 Å². The Morgan fingerprint density at radius 3 is 2.09 bits per heavy atom. The summed E-state index contributed by atoms with van der Waals surface area (Å²) in [6, 6.07) is 8.50. The first-order chi connectivity index (χ1) is 20.4. The molecule has 1 N–H and O–H groups in total. The standard InChI is InChI=1S/C23H45NO2S.C13H18S.C2H4O/c1-11-13-20(14-12-2)26-18-17-25-16-15-24-19(3)22(7,8)23(9,10)27-21(4,5)6;1-5-11(4)14-13-9-7-6-8-12(13)10(2)3;1-2-3/h13,24H,3,11-12,14-18H2,1-2,4-10H3;6-9,11H,2,5H2,1,3-4H3;2H,1H3. The Morgan fingerprint density at radius 2 is 1.59 bits per heavy atom. The summed E-state index contributed by atoms with van der Waals surface area (Å²) in [6.07, 6.45) is 7.25. The summed E-state index contributed by atoms with van der Waals surface area (Å²) in [5.74, 6) is 1.09. The number of nitrogens with one attached hydrogen (secondary N) is 1. The van der Waals surface area contributed by atoms with Crippen molar-refractivity contribution in [1.29, 1.82) is 0 Å². The molecule has 0 aliphatic carbocycles. The zero-order valence-corrected chi connectivity index (χ0v) is 32.3. The van der Waals surface area contributed by atoms with Gasteiger partial charge in [0, 0.05) is 43.7 Å². The fraction of sp³-hybridized carbons (Fsp3) is 0.658. The molecule has 0 saturated heterocycles. The van der Waals surface area contributed by atoms with Crippen LogP contribution in [0.15, 0.2) is 59.9 Å². The highest BCUT2D eigenvalue weighted by Crippen LogP contribution is 2.49. The normalized spacial score (nSPS) is 12.6. The molecule has 1 aromatic rings. The first kappa shape index (κ1) is 44.5. The van der Waals surface area contributed by atoms with E-state index in [0.29, 0.717) is 25.1 Å². The molecule has 1 unspecified atom stereocenters. The molecule has 0 saturated carbocycles. The molecule has 4 nitrogen and oxygen atoms in total. The van der Waals surface area contributed by atoms with Gasteiger partial charge in [-0.3, -0.25) is 0 Å². The summed E-state index contributed by atoms with van der Waals surface area (Å²) in [5.41, 5.74) is 3.48. The van der Waals surface area contributed by atoms with E-state index in [4.69, 9.17) is 14.3 Å². The molecule has 1 aromatic carbocycles. The molecule has 0 bridgehead atoms. The number of hydrogen-bond donors (Lipinski definition) is 1. The maximum absolute atomic E-state index is 8.81. The molecule has 0 aromatic heterocycles. The molecule has 0 amide bonds. The van der Waals surface area contributed by atoms with Gasteiger partial charge in [0.05, 0.1) is 19.0 Å². The summed E-state index contributed by atoms with van der Waals surface area (Å²) in [7, 11) is 0. The van der Waals surface area contributed by atoms with Crippen LogP contribution in [-0.2, 0) is 14.3 Å². The van der Waals surface area contributed by atoms with Crippen LogP contribution in [0.1, 0.15) is 121 Å². The number of benzene rings is 1. The van der Waals surface area contributed by atoms with Crippen LogP contribution in [0.25, 0.3) is 5.57 Å². The summed E-state index contributed by atoms with van der Waals surface area (Å²) in [4.78, 5) is 10.2. The van der Waals surface area contributed by atoms with Crippen molar-refractivity contribution in [3.8, 4) is 0 Å². The summed E-state index contributed by atoms with van der Waals surface area (Å²) < 4.78 is 11.8. The first-order valence-electron chi connectivity index (χ1n) is 16.3. The lowest BCUT2D eigenvalue weighted by atomic mass is 9.77. The second-order valence-corrected chi connectivity index (χ2v) is 16.8. The summed E-state index contributed by atoms with van der Waals surface area (Å²) in [5, 5.41) is 4.15. The molecular formula is C38H67NO3S2. The van der Waals surface area contributed by atoms with E-state index in [0.717, 1.165) is 49.1 Å². The van der Waals surface area contributed by atoms with Gasteiger partial charge in [-0.1, -0.05) is 93.7 Å². The number of aldehydes is 1. The van der Waals surface area contributed by atoms with Crippen molar-refractivity contribution >= 4 is 35.4 Å². The average molecular weight is 650 g/mol. The third-order valence-corrected chi connectivity index (χ3v) is 10.1. The number of ether oxygens (including phenoxy) is 2. The van der Waals surface area contributed by atoms with Crippen LogP contribution in [-0.4, -0.2) is 47.4 Å². The van der Waals surface area contributed by atoms with Crippen LogP contribution >= 0.6 is 23.5 Å². The van der Waals surface area contributed by atoms with E-state index in [2.05, 4.69) is 132 Å². The van der Waals surface area contributed by atoms with Crippen LogP contribution in [0.5, 0.6) is 0 Å². The molecule has 0 heterocycles. The second kappa shape index (κ2) is 23.7. The van der Waals surface area contributed by atoms with Gasteiger partial charge in [0.25, 0.3) is 0 Å². The number of thioether (sulfide) groups is 2. The second-order valence-electron chi connectivity index (χ2n) is 12.9. The number of allylic oxidation sites excluding steroid dienone is 4. The van der Waals surface area contributed by atoms with Gasteiger partial charge in [-0.25, -0.2) is 0 Å². The number of carbonyl (C=O) groups is 1. The molecule has 1 atom stereocenters. The Labute approximate surface area is 281 Å². The molecule has 254 valence electrons. The topological polar surface area (TPSA) is 47.6 Å². The van der Waals surface area contributed by atoms with E-state index in [1.807, 2.05) is 23.5 Å². The van der Waals surface area contributed by atoms with Crippen LogP contribution in [0.2, 0.25) is 0 Å². The smallest absolute Gasteiger partial charge is 0.116 e.